The van der Waals surface area contributed by atoms with E-state index in [4.69, 9.17) is 0 Å². The number of non-ortho nitro benzene ring substituents is 1. The molecule has 0 saturated carbocycles. The van der Waals surface area contributed by atoms with Crippen molar-refractivity contribution in [3.63, 3.8) is 0 Å². The van der Waals surface area contributed by atoms with Crippen LogP contribution in [0.5, 0.6) is 5.75 Å². The van der Waals surface area contributed by atoms with Crippen molar-refractivity contribution >= 4 is 22.4 Å². The molecule has 0 aliphatic carbocycles. The minimum Gasteiger partial charge on any atom is -0.508 e. The normalized spacial score (nSPS) is 11.8. The number of hydrogen-bond donors (Lipinski definition) is 2. The van der Waals surface area contributed by atoms with Crippen LogP contribution in [0.4, 0.5) is 5.69 Å². The Morgan fingerprint density at radius 2 is 1.69 bits per heavy atom. The second-order valence-electron chi connectivity index (χ2n) is 7.56. The lowest BCUT2D eigenvalue weighted by atomic mass is 9.92. The van der Waals surface area contributed by atoms with Crippen molar-refractivity contribution in [3.8, 4) is 5.75 Å². The van der Waals surface area contributed by atoms with Gasteiger partial charge >= 0.3 is 0 Å². The maximum atomic E-state index is 12.9. The van der Waals surface area contributed by atoms with E-state index in [9.17, 15) is 20.0 Å². The molecule has 0 unspecified atom stereocenters. The smallest absolute Gasteiger partial charge is 0.269 e. The first kappa shape index (κ1) is 21.1. The van der Waals surface area contributed by atoms with Crippen LogP contribution in [0.1, 0.15) is 29.2 Å². The monoisotopic (exact) mass is 426 g/mol. The second-order valence-corrected chi connectivity index (χ2v) is 7.56. The van der Waals surface area contributed by atoms with Gasteiger partial charge in [-0.25, -0.2) is 0 Å². The Bertz CT molecular complexity index is 1270. The number of fused-ring (bicyclic) bond motifs is 1. The van der Waals surface area contributed by atoms with E-state index in [0.29, 0.717) is 17.5 Å². The van der Waals surface area contributed by atoms with E-state index in [1.54, 1.807) is 24.3 Å². The van der Waals surface area contributed by atoms with Crippen molar-refractivity contribution in [1.82, 2.24) is 5.32 Å². The predicted molar refractivity (Wildman–Crippen MR) is 123 cm³/mol. The van der Waals surface area contributed by atoms with Gasteiger partial charge in [0.15, 0.2) is 0 Å². The summed E-state index contributed by atoms with van der Waals surface area (Å²) in [6.07, 6.45) is 0.816. The largest absolute Gasteiger partial charge is 0.508 e. The third kappa shape index (κ3) is 4.59. The Kier molecular flexibility index (Phi) is 6.12. The summed E-state index contributed by atoms with van der Waals surface area (Å²) >= 11 is 0. The molecule has 4 rings (SSSR count). The van der Waals surface area contributed by atoms with Gasteiger partial charge in [0.05, 0.1) is 11.0 Å². The number of rotatable bonds is 7. The quantitative estimate of drug-likeness (QED) is 0.310. The molecule has 32 heavy (non-hydrogen) atoms. The fraction of sp³-hybridized carbons (Fsp3) is 0.115. The standard InChI is InChI=1S/C26H22N2O4/c29-23-15-14-19-9-4-5-12-22(19)25(23)26(20-10-6-11-21(17-20)28(31)32)27-24(30)16-13-18-7-2-1-3-8-18/h1-12,14-15,17,26,29H,13,16H2,(H,27,30)/t26-/m0/s1. The van der Waals surface area contributed by atoms with Crippen molar-refractivity contribution in [2.24, 2.45) is 0 Å². The molecule has 4 aromatic rings. The van der Waals surface area contributed by atoms with Gasteiger partial charge in [0.2, 0.25) is 5.91 Å². The van der Waals surface area contributed by atoms with Gasteiger partial charge in [-0.3, -0.25) is 14.9 Å². The molecule has 0 aromatic heterocycles. The van der Waals surface area contributed by atoms with Gasteiger partial charge in [-0.15, -0.1) is 0 Å². The fourth-order valence-electron chi connectivity index (χ4n) is 3.86. The summed E-state index contributed by atoms with van der Waals surface area (Å²) in [5, 5.41) is 26.8. The number of phenolic OH excluding ortho intramolecular Hbond substituents is 1. The number of amides is 1. The predicted octanol–water partition coefficient (Wildman–Crippen LogP) is 5.29. The van der Waals surface area contributed by atoms with Crippen molar-refractivity contribution in [3.05, 3.63) is 118 Å². The van der Waals surface area contributed by atoms with E-state index in [2.05, 4.69) is 5.32 Å². The molecule has 2 N–H and O–H groups in total. The van der Waals surface area contributed by atoms with E-state index < -0.39 is 11.0 Å². The van der Waals surface area contributed by atoms with Crippen LogP contribution in [0.3, 0.4) is 0 Å². The van der Waals surface area contributed by atoms with Crippen molar-refractivity contribution in [1.29, 1.82) is 0 Å². The number of phenols is 1. The molecule has 4 aromatic carbocycles. The number of nitro groups is 1. The average Bonchev–Trinajstić information content (AvgIpc) is 2.82. The lowest BCUT2D eigenvalue weighted by Gasteiger charge is -2.22. The minimum atomic E-state index is -0.746. The van der Waals surface area contributed by atoms with Gasteiger partial charge in [0, 0.05) is 24.1 Å². The molecule has 0 heterocycles. The molecule has 1 amide bonds. The summed E-state index contributed by atoms with van der Waals surface area (Å²) in [4.78, 5) is 23.8. The second kappa shape index (κ2) is 9.31. The Morgan fingerprint density at radius 3 is 2.47 bits per heavy atom. The number of nitrogens with one attached hydrogen (secondary N) is 1. The van der Waals surface area contributed by atoms with Gasteiger partial charge in [-0.1, -0.05) is 72.8 Å². The van der Waals surface area contributed by atoms with E-state index in [0.717, 1.165) is 16.3 Å². The molecule has 160 valence electrons. The van der Waals surface area contributed by atoms with Gasteiger partial charge in [-0.05, 0) is 34.4 Å². The summed E-state index contributed by atoms with van der Waals surface area (Å²) in [6.45, 7) is 0. The number of carbonyl (C=O) groups excluding carboxylic acids is 1. The maximum absolute atomic E-state index is 12.9. The SMILES string of the molecule is O=C(CCc1ccccc1)N[C@@H](c1cccc([N+](=O)[O-])c1)c1c(O)ccc2ccccc12. The topological polar surface area (TPSA) is 92.5 Å². The number of carbonyl (C=O) groups is 1. The zero-order valence-corrected chi connectivity index (χ0v) is 17.3. The highest BCUT2D eigenvalue weighted by Gasteiger charge is 2.24. The Hall–Kier alpha value is -4.19. The van der Waals surface area contributed by atoms with Gasteiger partial charge in [0.1, 0.15) is 5.75 Å². The number of aryl methyl sites for hydroxylation is 1. The molecule has 0 radical (unpaired) electrons. The summed E-state index contributed by atoms with van der Waals surface area (Å²) < 4.78 is 0. The summed E-state index contributed by atoms with van der Waals surface area (Å²) in [5.74, 6) is -0.193. The fourth-order valence-corrected chi connectivity index (χ4v) is 3.86. The average molecular weight is 426 g/mol. The summed E-state index contributed by atoms with van der Waals surface area (Å²) in [7, 11) is 0. The van der Waals surface area contributed by atoms with Crippen LogP contribution in [0.2, 0.25) is 0 Å². The lowest BCUT2D eigenvalue weighted by Crippen LogP contribution is -2.29. The number of benzene rings is 4. The van der Waals surface area contributed by atoms with Gasteiger partial charge < -0.3 is 10.4 Å². The van der Waals surface area contributed by atoms with E-state index >= 15 is 0 Å². The van der Waals surface area contributed by atoms with Crippen LogP contribution < -0.4 is 5.32 Å². The molecule has 0 aliphatic rings. The zero-order valence-electron chi connectivity index (χ0n) is 17.3. The Balaban J connectivity index is 1.73. The minimum absolute atomic E-state index is 0.0172. The molecule has 6 heteroatoms. The first-order chi connectivity index (χ1) is 15.5. The highest BCUT2D eigenvalue weighted by atomic mass is 16.6. The van der Waals surface area contributed by atoms with Gasteiger partial charge in [0.25, 0.3) is 5.69 Å². The molecule has 0 spiro atoms. The molecular weight excluding hydrogens is 404 g/mol. The number of aromatic hydroxyl groups is 1. The highest BCUT2D eigenvalue weighted by Crippen LogP contribution is 2.36. The molecule has 0 saturated heterocycles. The van der Waals surface area contributed by atoms with Crippen LogP contribution in [-0.4, -0.2) is 15.9 Å². The highest BCUT2D eigenvalue weighted by molar-refractivity contribution is 5.89. The van der Waals surface area contributed by atoms with Crippen molar-refractivity contribution < 1.29 is 14.8 Å². The lowest BCUT2D eigenvalue weighted by molar-refractivity contribution is -0.384. The van der Waals surface area contributed by atoms with Gasteiger partial charge in [-0.2, -0.15) is 0 Å². The van der Waals surface area contributed by atoms with Crippen LogP contribution in [-0.2, 0) is 11.2 Å². The summed E-state index contributed by atoms with van der Waals surface area (Å²) in [5.41, 5.74) is 2.00. The van der Waals surface area contributed by atoms with E-state index in [1.807, 2.05) is 54.6 Å². The van der Waals surface area contributed by atoms with E-state index in [-0.39, 0.29) is 23.8 Å². The molecular formula is C26H22N2O4. The first-order valence-electron chi connectivity index (χ1n) is 10.3. The first-order valence-corrected chi connectivity index (χ1v) is 10.3. The van der Waals surface area contributed by atoms with Crippen molar-refractivity contribution in [2.75, 3.05) is 0 Å². The Morgan fingerprint density at radius 1 is 0.938 bits per heavy atom. The van der Waals surface area contributed by atoms with Crippen LogP contribution in [0.15, 0.2) is 91.0 Å². The molecule has 6 nitrogen and oxygen atoms in total. The van der Waals surface area contributed by atoms with Crippen LogP contribution in [0, 0.1) is 10.1 Å². The molecule has 0 aliphatic heterocycles. The summed E-state index contributed by atoms with van der Waals surface area (Å²) in [6, 6.07) is 26.0. The van der Waals surface area contributed by atoms with Crippen LogP contribution in [0.25, 0.3) is 10.8 Å². The molecule has 0 fully saturated rings. The number of hydrogen-bond acceptors (Lipinski definition) is 4. The van der Waals surface area contributed by atoms with Crippen molar-refractivity contribution in [2.45, 2.75) is 18.9 Å². The van der Waals surface area contributed by atoms with E-state index in [1.165, 1.54) is 12.1 Å². The number of nitrogens with zero attached hydrogens (tertiary/aromatic N) is 1. The van der Waals surface area contributed by atoms with Crippen LogP contribution >= 0.6 is 0 Å². The third-order valence-corrected chi connectivity index (χ3v) is 5.44. The molecule has 1 atom stereocenters. The maximum Gasteiger partial charge on any atom is 0.269 e. The third-order valence-electron chi connectivity index (χ3n) is 5.44. The number of nitro benzene ring substituents is 1. The zero-order chi connectivity index (χ0) is 22.5. The Labute approximate surface area is 185 Å². The molecule has 0 bridgehead atoms.